The van der Waals surface area contributed by atoms with Crippen LogP contribution in [0.15, 0.2) is 28.7 Å². The van der Waals surface area contributed by atoms with Crippen LogP contribution in [0.25, 0.3) is 22.6 Å². The SMILES string of the molecule is COc1c(Cl)cc(-c2nc3cc(C)c(C)cc3o2)cc1Cl. The van der Waals surface area contributed by atoms with Crippen molar-refractivity contribution >= 4 is 34.3 Å². The van der Waals surface area contributed by atoms with Crippen LogP contribution >= 0.6 is 23.2 Å². The Bertz CT molecular complexity index is 778. The zero-order valence-electron chi connectivity index (χ0n) is 11.8. The van der Waals surface area contributed by atoms with E-state index in [1.165, 1.54) is 12.7 Å². The molecule has 3 rings (SSSR count). The van der Waals surface area contributed by atoms with Gasteiger partial charge in [0, 0.05) is 5.56 Å². The van der Waals surface area contributed by atoms with Gasteiger partial charge < -0.3 is 9.15 Å². The highest BCUT2D eigenvalue weighted by Crippen LogP contribution is 2.37. The number of oxazole rings is 1. The van der Waals surface area contributed by atoms with Crippen molar-refractivity contribution in [3.05, 3.63) is 45.4 Å². The molecule has 0 amide bonds. The summed E-state index contributed by atoms with van der Waals surface area (Å²) in [6.45, 7) is 4.09. The Morgan fingerprint density at radius 1 is 1.00 bits per heavy atom. The van der Waals surface area contributed by atoms with Crippen LogP contribution in [0.4, 0.5) is 0 Å². The molecule has 0 bridgehead atoms. The van der Waals surface area contributed by atoms with Crippen molar-refractivity contribution in [3.63, 3.8) is 0 Å². The van der Waals surface area contributed by atoms with Crippen LogP contribution in [-0.4, -0.2) is 12.1 Å². The highest BCUT2D eigenvalue weighted by atomic mass is 35.5. The molecule has 0 radical (unpaired) electrons. The summed E-state index contributed by atoms with van der Waals surface area (Å²) in [4.78, 5) is 4.50. The average Bonchev–Trinajstić information content (AvgIpc) is 2.82. The van der Waals surface area contributed by atoms with Gasteiger partial charge in [0.25, 0.3) is 0 Å². The maximum absolute atomic E-state index is 6.15. The average molecular weight is 322 g/mol. The molecule has 0 aliphatic heterocycles. The summed E-state index contributed by atoms with van der Waals surface area (Å²) in [5, 5.41) is 0.851. The molecule has 2 aromatic carbocycles. The van der Waals surface area contributed by atoms with Gasteiger partial charge in [0.1, 0.15) is 5.52 Å². The minimum absolute atomic E-state index is 0.426. The van der Waals surface area contributed by atoms with Crippen molar-refractivity contribution in [1.29, 1.82) is 0 Å². The molecule has 0 unspecified atom stereocenters. The lowest BCUT2D eigenvalue weighted by atomic mass is 10.1. The monoisotopic (exact) mass is 321 g/mol. The molecule has 0 spiro atoms. The number of aryl methyl sites for hydroxylation is 2. The molecule has 0 N–H and O–H groups in total. The van der Waals surface area contributed by atoms with Gasteiger partial charge in [0.05, 0.1) is 17.2 Å². The Labute approximate surface area is 132 Å². The molecule has 5 heteroatoms. The van der Waals surface area contributed by atoms with E-state index in [9.17, 15) is 0 Å². The van der Waals surface area contributed by atoms with Gasteiger partial charge in [-0.25, -0.2) is 4.98 Å². The third-order valence-electron chi connectivity index (χ3n) is 3.45. The van der Waals surface area contributed by atoms with Gasteiger partial charge in [-0.1, -0.05) is 23.2 Å². The lowest BCUT2D eigenvalue weighted by molar-refractivity contribution is 0.415. The van der Waals surface area contributed by atoms with E-state index in [0.29, 0.717) is 21.7 Å². The minimum Gasteiger partial charge on any atom is -0.494 e. The molecular weight excluding hydrogens is 309 g/mol. The molecule has 3 nitrogen and oxygen atoms in total. The first-order chi connectivity index (χ1) is 9.99. The fraction of sp³-hybridized carbons (Fsp3) is 0.188. The van der Waals surface area contributed by atoms with E-state index in [1.807, 2.05) is 26.0 Å². The highest BCUT2D eigenvalue weighted by molar-refractivity contribution is 6.37. The van der Waals surface area contributed by atoms with E-state index in [4.69, 9.17) is 32.4 Å². The van der Waals surface area contributed by atoms with E-state index in [-0.39, 0.29) is 0 Å². The first-order valence-corrected chi connectivity index (χ1v) is 7.16. The number of ether oxygens (including phenoxy) is 1. The largest absolute Gasteiger partial charge is 0.494 e. The zero-order chi connectivity index (χ0) is 15.1. The molecule has 0 fully saturated rings. The summed E-state index contributed by atoms with van der Waals surface area (Å²) in [6.07, 6.45) is 0. The van der Waals surface area contributed by atoms with E-state index < -0.39 is 0 Å². The quantitative estimate of drug-likeness (QED) is 0.631. The molecule has 0 saturated heterocycles. The van der Waals surface area contributed by atoms with Crippen molar-refractivity contribution < 1.29 is 9.15 Å². The fourth-order valence-electron chi connectivity index (χ4n) is 2.18. The number of rotatable bonds is 2. The Balaban J connectivity index is 2.16. The van der Waals surface area contributed by atoms with Crippen LogP contribution in [-0.2, 0) is 0 Å². The fourth-order valence-corrected chi connectivity index (χ4v) is 2.82. The second kappa shape index (κ2) is 5.24. The molecule has 0 aliphatic carbocycles. The molecule has 0 aliphatic rings. The van der Waals surface area contributed by atoms with E-state index >= 15 is 0 Å². The molecular formula is C16H13Cl2NO2. The molecule has 1 heterocycles. The van der Waals surface area contributed by atoms with E-state index in [2.05, 4.69) is 4.98 Å². The summed E-state index contributed by atoms with van der Waals surface area (Å²) < 4.78 is 10.9. The van der Waals surface area contributed by atoms with Crippen LogP contribution in [0.3, 0.4) is 0 Å². The van der Waals surface area contributed by atoms with Crippen LogP contribution in [0.1, 0.15) is 11.1 Å². The summed E-state index contributed by atoms with van der Waals surface area (Å²) >= 11 is 12.3. The van der Waals surface area contributed by atoms with Crippen molar-refractivity contribution in [1.82, 2.24) is 4.98 Å². The second-order valence-electron chi connectivity index (χ2n) is 4.90. The molecule has 1 aromatic heterocycles. The van der Waals surface area contributed by atoms with Gasteiger partial charge in [0.2, 0.25) is 5.89 Å². The van der Waals surface area contributed by atoms with E-state index in [1.54, 1.807) is 12.1 Å². The van der Waals surface area contributed by atoms with Gasteiger partial charge >= 0.3 is 0 Å². The molecule has 21 heavy (non-hydrogen) atoms. The number of fused-ring (bicyclic) bond motifs is 1. The number of hydrogen-bond donors (Lipinski definition) is 0. The van der Waals surface area contributed by atoms with Gasteiger partial charge in [-0.05, 0) is 49.2 Å². The lowest BCUT2D eigenvalue weighted by Gasteiger charge is -2.06. The number of nitrogens with zero attached hydrogens (tertiary/aromatic N) is 1. The lowest BCUT2D eigenvalue weighted by Crippen LogP contribution is -1.87. The maximum atomic E-state index is 6.15. The predicted molar refractivity (Wildman–Crippen MR) is 85.5 cm³/mol. The van der Waals surface area contributed by atoms with E-state index in [0.717, 1.165) is 22.2 Å². The number of methoxy groups -OCH3 is 1. The third kappa shape index (κ3) is 2.47. The third-order valence-corrected chi connectivity index (χ3v) is 4.01. The molecule has 3 aromatic rings. The van der Waals surface area contributed by atoms with Crippen molar-refractivity contribution in [2.24, 2.45) is 0 Å². The van der Waals surface area contributed by atoms with Crippen LogP contribution in [0.5, 0.6) is 5.75 Å². The topological polar surface area (TPSA) is 35.3 Å². The summed E-state index contributed by atoms with van der Waals surface area (Å²) in [6, 6.07) is 7.45. The second-order valence-corrected chi connectivity index (χ2v) is 5.71. The molecule has 108 valence electrons. The number of hydrogen-bond acceptors (Lipinski definition) is 3. The first kappa shape index (κ1) is 14.2. The summed E-state index contributed by atoms with van der Waals surface area (Å²) in [7, 11) is 1.53. The summed E-state index contributed by atoms with van der Waals surface area (Å²) in [5.41, 5.74) is 4.62. The van der Waals surface area contributed by atoms with Crippen molar-refractivity contribution in [3.8, 4) is 17.2 Å². The van der Waals surface area contributed by atoms with Gasteiger partial charge in [0.15, 0.2) is 11.3 Å². The summed E-state index contributed by atoms with van der Waals surface area (Å²) in [5.74, 6) is 0.936. The number of halogens is 2. The smallest absolute Gasteiger partial charge is 0.227 e. The van der Waals surface area contributed by atoms with Gasteiger partial charge in [-0.15, -0.1) is 0 Å². The Morgan fingerprint density at radius 3 is 2.24 bits per heavy atom. The zero-order valence-corrected chi connectivity index (χ0v) is 13.3. The predicted octanol–water partition coefficient (Wildman–Crippen LogP) is 5.43. The van der Waals surface area contributed by atoms with Gasteiger partial charge in [-0.2, -0.15) is 0 Å². The normalized spacial score (nSPS) is 11.1. The highest BCUT2D eigenvalue weighted by Gasteiger charge is 2.14. The minimum atomic E-state index is 0.426. The Hall–Kier alpha value is -1.71. The van der Waals surface area contributed by atoms with Crippen LogP contribution < -0.4 is 4.74 Å². The standard InChI is InChI=1S/C16H13Cl2NO2/c1-8-4-13-14(5-9(8)2)21-16(19-13)10-6-11(17)15(20-3)12(18)7-10/h4-7H,1-3H3. The molecule has 0 atom stereocenters. The first-order valence-electron chi connectivity index (χ1n) is 6.41. The van der Waals surface area contributed by atoms with Crippen LogP contribution in [0.2, 0.25) is 10.0 Å². The van der Waals surface area contributed by atoms with Crippen molar-refractivity contribution in [2.75, 3.05) is 7.11 Å². The Kier molecular flexibility index (Phi) is 3.56. The number of benzene rings is 2. The Morgan fingerprint density at radius 2 is 1.62 bits per heavy atom. The van der Waals surface area contributed by atoms with Crippen LogP contribution in [0, 0.1) is 13.8 Å². The number of aromatic nitrogens is 1. The van der Waals surface area contributed by atoms with Crippen molar-refractivity contribution in [2.45, 2.75) is 13.8 Å². The maximum Gasteiger partial charge on any atom is 0.227 e. The van der Waals surface area contributed by atoms with Gasteiger partial charge in [-0.3, -0.25) is 0 Å². The molecule has 0 saturated carbocycles.